The molecule has 1 aliphatic rings. The van der Waals surface area contributed by atoms with Crippen molar-refractivity contribution < 1.29 is 18.8 Å². The number of nitrogens with one attached hydrogen (secondary N) is 1. The van der Waals surface area contributed by atoms with Gasteiger partial charge in [-0.3, -0.25) is 14.4 Å². The van der Waals surface area contributed by atoms with Gasteiger partial charge in [0.15, 0.2) is 0 Å². The molecule has 1 unspecified atom stereocenters. The molecule has 1 atom stereocenters. The average molecular weight is 355 g/mol. The molecule has 7 heteroatoms. The van der Waals surface area contributed by atoms with Crippen molar-refractivity contribution >= 4 is 23.4 Å². The van der Waals surface area contributed by atoms with Crippen molar-refractivity contribution in [1.29, 1.82) is 0 Å². The number of hydrogen-bond donors (Lipinski definition) is 2. The minimum atomic E-state index is -0.554. The minimum Gasteiger partial charge on any atom is -0.366 e. The molecule has 134 valence electrons. The van der Waals surface area contributed by atoms with Crippen molar-refractivity contribution in [3.8, 4) is 0 Å². The summed E-state index contributed by atoms with van der Waals surface area (Å²) < 4.78 is 13.9. The Hall–Kier alpha value is -3.22. The van der Waals surface area contributed by atoms with Gasteiger partial charge in [-0.15, -0.1) is 0 Å². The van der Waals surface area contributed by atoms with E-state index in [9.17, 15) is 18.8 Å². The van der Waals surface area contributed by atoms with Crippen LogP contribution in [0.1, 0.15) is 22.3 Å². The van der Waals surface area contributed by atoms with Crippen molar-refractivity contribution in [2.24, 2.45) is 11.7 Å². The molecular formula is C19H18FN3O3. The number of halogens is 1. The first-order chi connectivity index (χ1) is 12.5. The predicted molar refractivity (Wildman–Crippen MR) is 93.7 cm³/mol. The van der Waals surface area contributed by atoms with Gasteiger partial charge in [-0.25, -0.2) is 4.39 Å². The van der Waals surface area contributed by atoms with Crippen LogP contribution in [-0.2, 0) is 16.1 Å². The summed E-state index contributed by atoms with van der Waals surface area (Å²) in [7, 11) is 0. The number of hydrogen-bond acceptors (Lipinski definition) is 3. The van der Waals surface area contributed by atoms with Gasteiger partial charge in [0.25, 0.3) is 0 Å². The minimum absolute atomic E-state index is 0.0293. The maximum absolute atomic E-state index is 13.9. The van der Waals surface area contributed by atoms with Crippen molar-refractivity contribution in [3.05, 3.63) is 65.5 Å². The molecule has 0 aliphatic carbocycles. The van der Waals surface area contributed by atoms with Crippen LogP contribution in [0.3, 0.4) is 0 Å². The fourth-order valence-electron chi connectivity index (χ4n) is 2.95. The van der Waals surface area contributed by atoms with Crippen LogP contribution in [0.2, 0.25) is 0 Å². The van der Waals surface area contributed by atoms with Crippen LogP contribution in [0.4, 0.5) is 10.1 Å². The highest BCUT2D eigenvalue weighted by Crippen LogP contribution is 2.27. The summed E-state index contributed by atoms with van der Waals surface area (Å²) in [6, 6.07) is 12.6. The molecule has 3 N–H and O–H groups in total. The molecule has 1 saturated heterocycles. The first-order valence-electron chi connectivity index (χ1n) is 8.17. The quantitative estimate of drug-likeness (QED) is 0.853. The lowest BCUT2D eigenvalue weighted by Gasteiger charge is -2.17. The summed E-state index contributed by atoms with van der Waals surface area (Å²) in [5.41, 5.74) is 6.51. The number of primary amides is 1. The lowest BCUT2D eigenvalue weighted by atomic mass is 10.1. The number of nitrogens with two attached hydrogens (primary N) is 1. The largest absolute Gasteiger partial charge is 0.366 e. The third-order valence-electron chi connectivity index (χ3n) is 4.32. The van der Waals surface area contributed by atoms with E-state index < -0.39 is 17.6 Å². The number of para-hydroxylation sites is 1. The Labute approximate surface area is 149 Å². The Morgan fingerprint density at radius 1 is 1.19 bits per heavy atom. The van der Waals surface area contributed by atoms with E-state index in [4.69, 9.17) is 5.73 Å². The molecule has 3 amide bonds. The molecule has 0 aromatic heterocycles. The van der Waals surface area contributed by atoms with Crippen molar-refractivity contribution in [2.75, 3.05) is 11.4 Å². The Morgan fingerprint density at radius 3 is 2.69 bits per heavy atom. The second-order valence-corrected chi connectivity index (χ2v) is 6.14. The number of benzene rings is 2. The van der Waals surface area contributed by atoms with Gasteiger partial charge in [0, 0.05) is 25.1 Å². The molecule has 1 aliphatic heterocycles. The molecule has 0 spiro atoms. The first kappa shape index (κ1) is 17.6. The highest BCUT2D eigenvalue weighted by molar-refractivity contribution is 6.00. The van der Waals surface area contributed by atoms with E-state index >= 15 is 0 Å². The summed E-state index contributed by atoms with van der Waals surface area (Å²) in [6.07, 6.45) is 0.0293. The molecule has 2 aromatic rings. The molecule has 0 saturated carbocycles. The third-order valence-corrected chi connectivity index (χ3v) is 4.32. The number of amides is 3. The summed E-state index contributed by atoms with van der Waals surface area (Å²) in [5.74, 6) is -2.17. The second-order valence-electron chi connectivity index (χ2n) is 6.14. The van der Waals surface area contributed by atoms with Crippen LogP contribution in [0.5, 0.6) is 0 Å². The van der Waals surface area contributed by atoms with Crippen LogP contribution in [0.25, 0.3) is 0 Å². The molecular weight excluding hydrogens is 337 g/mol. The number of carbonyl (C=O) groups excluding carboxylic acids is 3. The molecule has 0 radical (unpaired) electrons. The van der Waals surface area contributed by atoms with E-state index in [-0.39, 0.29) is 37.0 Å². The zero-order chi connectivity index (χ0) is 18.7. The highest BCUT2D eigenvalue weighted by atomic mass is 19.1. The van der Waals surface area contributed by atoms with Gasteiger partial charge in [-0.2, -0.15) is 0 Å². The van der Waals surface area contributed by atoms with Crippen LogP contribution < -0.4 is 16.0 Å². The number of carbonyl (C=O) groups is 3. The van der Waals surface area contributed by atoms with E-state index in [0.29, 0.717) is 5.56 Å². The fourth-order valence-corrected chi connectivity index (χ4v) is 2.95. The summed E-state index contributed by atoms with van der Waals surface area (Å²) in [6.45, 7) is 0.345. The molecule has 1 fully saturated rings. The van der Waals surface area contributed by atoms with Gasteiger partial charge in [-0.05, 0) is 29.8 Å². The molecule has 2 aromatic carbocycles. The van der Waals surface area contributed by atoms with E-state index in [1.165, 1.54) is 17.0 Å². The van der Waals surface area contributed by atoms with Crippen LogP contribution in [-0.4, -0.2) is 24.3 Å². The molecule has 0 bridgehead atoms. The van der Waals surface area contributed by atoms with E-state index in [1.54, 1.807) is 36.4 Å². The van der Waals surface area contributed by atoms with Gasteiger partial charge < -0.3 is 16.0 Å². The Bertz CT molecular complexity index is 869. The fraction of sp³-hybridized carbons (Fsp3) is 0.211. The van der Waals surface area contributed by atoms with Crippen LogP contribution in [0.15, 0.2) is 48.5 Å². The van der Waals surface area contributed by atoms with Crippen LogP contribution in [0, 0.1) is 11.7 Å². The third kappa shape index (κ3) is 3.72. The SMILES string of the molecule is NC(=O)c1cccc(CNC(=O)C2CC(=O)N(c3ccccc3F)C2)c1. The number of nitrogens with zero attached hydrogens (tertiary/aromatic N) is 1. The lowest BCUT2D eigenvalue weighted by Crippen LogP contribution is -2.32. The van der Waals surface area contributed by atoms with Gasteiger partial charge in [0.05, 0.1) is 11.6 Å². The predicted octanol–water partition coefficient (Wildman–Crippen LogP) is 1.59. The first-order valence-corrected chi connectivity index (χ1v) is 8.17. The zero-order valence-electron chi connectivity index (χ0n) is 13.9. The monoisotopic (exact) mass is 355 g/mol. The van der Waals surface area contributed by atoms with Gasteiger partial charge in [-0.1, -0.05) is 24.3 Å². The van der Waals surface area contributed by atoms with Gasteiger partial charge in [0.2, 0.25) is 17.7 Å². The van der Waals surface area contributed by atoms with Crippen molar-refractivity contribution in [1.82, 2.24) is 5.32 Å². The van der Waals surface area contributed by atoms with E-state index in [0.717, 1.165) is 5.56 Å². The highest BCUT2D eigenvalue weighted by Gasteiger charge is 2.35. The van der Waals surface area contributed by atoms with Gasteiger partial charge in [0.1, 0.15) is 5.82 Å². The smallest absolute Gasteiger partial charge is 0.248 e. The topological polar surface area (TPSA) is 92.5 Å². The zero-order valence-corrected chi connectivity index (χ0v) is 13.9. The molecule has 3 rings (SSSR count). The second kappa shape index (κ2) is 7.35. The number of anilines is 1. The summed E-state index contributed by atoms with van der Waals surface area (Å²) in [5, 5.41) is 2.75. The molecule has 6 nitrogen and oxygen atoms in total. The Morgan fingerprint density at radius 2 is 1.96 bits per heavy atom. The summed E-state index contributed by atoms with van der Waals surface area (Å²) >= 11 is 0. The average Bonchev–Trinajstić information content (AvgIpc) is 3.02. The molecule has 1 heterocycles. The van der Waals surface area contributed by atoms with Crippen molar-refractivity contribution in [3.63, 3.8) is 0 Å². The van der Waals surface area contributed by atoms with Crippen molar-refractivity contribution in [2.45, 2.75) is 13.0 Å². The standard InChI is InChI=1S/C19H18FN3O3/c20-15-6-1-2-7-16(15)23-11-14(9-17(23)24)19(26)22-10-12-4-3-5-13(8-12)18(21)25/h1-8,14H,9-11H2,(H2,21,25)(H,22,26). The lowest BCUT2D eigenvalue weighted by molar-refractivity contribution is -0.126. The number of rotatable bonds is 5. The summed E-state index contributed by atoms with van der Waals surface area (Å²) in [4.78, 5) is 37.0. The van der Waals surface area contributed by atoms with E-state index in [1.807, 2.05) is 0 Å². The maximum atomic E-state index is 13.9. The van der Waals surface area contributed by atoms with Crippen LogP contribution >= 0.6 is 0 Å². The van der Waals surface area contributed by atoms with Gasteiger partial charge >= 0.3 is 0 Å². The molecule has 26 heavy (non-hydrogen) atoms. The Balaban J connectivity index is 1.63. The van der Waals surface area contributed by atoms with E-state index in [2.05, 4.69) is 5.32 Å². The Kier molecular flexibility index (Phi) is 4.97. The maximum Gasteiger partial charge on any atom is 0.248 e. The normalized spacial score (nSPS) is 16.6.